The molecule has 0 aromatic heterocycles. The molecule has 4 heteroatoms. The van der Waals surface area contributed by atoms with Gasteiger partial charge in [-0.2, -0.15) is 0 Å². The van der Waals surface area contributed by atoms with Gasteiger partial charge in [0.1, 0.15) is 5.75 Å². The number of aliphatic carboxylic acids is 1. The van der Waals surface area contributed by atoms with Gasteiger partial charge in [-0.05, 0) is 44.0 Å². The molecule has 2 unspecified atom stereocenters. The molecule has 1 aliphatic heterocycles. The summed E-state index contributed by atoms with van der Waals surface area (Å²) in [4.78, 5) is 13.1. The van der Waals surface area contributed by atoms with Gasteiger partial charge >= 0.3 is 5.97 Å². The zero-order chi connectivity index (χ0) is 13.1. The van der Waals surface area contributed by atoms with Crippen LogP contribution < -0.4 is 0 Å². The minimum Gasteiger partial charge on any atom is -0.508 e. The van der Waals surface area contributed by atoms with Crippen molar-refractivity contribution in [3.8, 4) is 5.75 Å². The summed E-state index contributed by atoms with van der Waals surface area (Å²) in [6.45, 7) is 3.03. The van der Waals surface area contributed by atoms with E-state index >= 15 is 0 Å². The molecule has 18 heavy (non-hydrogen) atoms. The van der Waals surface area contributed by atoms with Crippen LogP contribution >= 0.6 is 0 Å². The van der Waals surface area contributed by atoms with Crippen molar-refractivity contribution in [3.05, 3.63) is 29.8 Å². The average molecular weight is 249 g/mol. The molecule has 1 aromatic rings. The van der Waals surface area contributed by atoms with Crippen LogP contribution in [-0.2, 0) is 4.79 Å². The Bertz CT molecular complexity index is 416. The van der Waals surface area contributed by atoms with Crippen molar-refractivity contribution in [2.24, 2.45) is 0 Å². The average Bonchev–Trinajstić information content (AvgIpc) is 2.76. The van der Waals surface area contributed by atoms with E-state index in [0.717, 1.165) is 24.9 Å². The van der Waals surface area contributed by atoms with Gasteiger partial charge in [0, 0.05) is 12.1 Å². The van der Waals surface area contributed by atoms with Crippen LogP contribution in [-0.4, -0.2) is 33.7 Å². The number of nitrogens with zero attached hydrogens (tertiary/aromatic N) is 1. The first-order valence-electron chi connectivity index (χ1n) is 6.34. The molecule has 0 spiro atoms. The maximum Gasteiger partial charge on any atom is 0.304 e. The van der Waals surface area contributed by atoms with Crippen molar-refractivity contribution in [3.63, 3.8) is 0 Å². The lowest BCUT2D eigenvalue weighted by Crippen LogP contribution is -2.33. The fourth-order valence-electron chi connectivity index (χ4n) is 2.73. The minimum atomic E-state index is -0.732. The van der Waals surface area contributed by atoms with Gasteiger partial charge in [-0.15, -0.1) is 0 Å². The van der Waals surface area contributed by atoms with Gasteiger partial charge in [-0.1, -0.05) is 12.1 Å². The van der Waals surface area contributed by atoms with E-state index in [0.29, 0.717) is 0 Å². The van der Waals surface area contributed by atoms with Crippen molar-refractivity contribution in [1.82, 2.24) is 4.90 Å². The Morgan fingerprint density at radius 1 is 1.44 bits per heavy atom. The number of carbonyl (C=O) groups is 1. The minimum absolute atomic E-state index is 0.131. The third kappa shape index (κ3) is 2.82. The third-order valence-electron chi connectivity index (χ3n) is 3.71. The van der Waals surface area contributed by atoms with Crippen molar-refractivity contribution in [2.45, 2.75) is 38.3 Å². The highest BCUT2D eigenvalue weighted by molar-refractivity contribution is 5.67. The van der Waals surface area contributed by atoms with E-state index in [-0.39, 0.29) is 24.3 Å². The van der Waals surface area contributed by atoms with Gasteiger partial charge < -0.3 is 10.2 Å². The fraction of sp³-hybridized carbons (Fsp3) is 0.500. The summed E-state index contributed by atoms with van der Waals surface area (Å²) in [5, 5.41) is 18.2. The summed E-state index contributed by atoms with van der Waals surface area (Å²) in [6.07, 6.45) is 2.22. The Labute approximate surface area is 107 Å². The molecule has 0 radical (unpaired) electrons. The van der Waals surface area contributed by atoms with Crippen molar-refractivity contribution >= 4 is 5.97 Å². The van der Waals surface area contributed by atoms with Crippen molar-refractivity contribution in [2.75, 3.05) is 6.54 Å². The van der Waals surface area contributed by atoms with E-state index in [1.54, 1.807) is 12.1 Å². The number of rotatable bonds is 4. The van der Waals surface area contributed by atoms with Crippen LogP contribution in [0.15, 0.2) is 24.3 Å². The third-order valence-corrected chi connectivity index (χ3v) is 3.71. The zero-order valence-electron chi connectivity index (χ0n) is 10.5. The van der Waals surface area contributed by atoms with Gasteiger partial charge in [-0.25, -0.2) is 0 Å². The number of aromatic hydroxyl groups is 1. The first-order valence-corrected chi connectivity index (χ1v) is 6.34. The second-order valence-electron chi connectivity index (χ2n) is 4.90. The molecule has 98 valence electrons. The van der Waals surface area contributed by atoms with Crippen LogP contribution in [0.5, 0.6) is 5.75 Å². The van der Waals surface area contributed by atoms with Crippen molar-refractivity contribution < 1.29 is 15.0 Å². The Kier molecular flexibility index (Phi) is 3.87. The van der Waals surface area contributed by atoms with E-state index in [4.69, 9.17) is 5.11 Å². The number of phenols is 1. The number of carboxylic acids is 1. The molecular formula is C14H19NO3. The standard InChI is InChI=1S/C14H19NO3/c1-10(11-4-6-13(16)7-5-11)15-8-2-3-12(15)9-14(17)18/h4-7,10,12,16H,2-3,8-9H2,1H3,(H,17,18). The molecular weight excluding hydrogens is 230 g/mol. The van der Waals surface area contributed by atoms with Gasteiger partial charge in [0.2, 0.25) is 0 Å². The number of likely N-dealkylation sites (tertiary alicyclic amines) is 1. The highest BCUT2D eigenvalue weighted by atomic mass is 16.4. The normalized spacial score (nSPS) is 21.9. The summed E-state index contributed by atoms with van der Waals surface area (Å²) >= 11 is 0. The largest absolute Gasteiger partial charge is 0.508 e. The highest BCUT2D eigenvalue weighted by Crippen LogP contribution is 2.31. The number of phenolic OH excluding ortho intramolecular Hbond substituents is 1. The maximum atomic E-state index is 10.8. The SMILES string of the molecule is CC(c1ccc(O)cc1)N1CCCC1CC(=O)O. The van der Waals surface area contributed by atoms with E-state index in [9.17, 15) is 9.90 Å². The van der Waals surface area contributed by atoms with Crippen LogP contribution in [0.4, 0.5) is 0 Å². The van der Waals surface area contributed by atoms with E-state index < -0.39 is 5.97 Å². The number of hydrogen-bond acceptors (Lipinski definition) is 3. The second-order valence-corrected chi connectivity index (χ2v) is 4.90. The Balaban J connectivity index is 2.09. The lowest BCUT2D eigenvalue weighted by Gasteiger charge is -2.30. The number of carboxylic acid groups (broad SMARTS) is 1. The highest BCUT2D eigenvalue weighted by Gasteiger charge is 2.30. The molecule has 0 bridgehead atoms. The lowest BCUT2D eigenvalue weighted by molar-refractivity contribution is -0.138. The van der Waals surface area contributed by atoms with Crippen LogP contribution in [0.2, 0.25) is 0 Å². The molecule has 1 aromatic carbocycles. The summed E-state index contributed by atoms with van der Waals surface area (Å²) in [7, 11) is 0. The summed E-state index contributed by atoms with van der Waals surface area (Å²) in [6, 6.07) is 7.47. The van der Waals surface area contributed by atoms with Gasteiger partial charge in [0.05, 0.1) is 6.42 Å². The van der Waals surface area contributed by atoms with E-state index in [2.05, 4.69) is 11.8 Å². The molecule has 2 N–H and O–H groups in total. The zero-order valence-corrected chi connectivity index (χ0v) is 10.5. The molecule has 0 aliphatic carbocycles. The van der Waals surface area contributed by atoms with Crippen LogP contribution in [0.1, 0.15) is 37.8 Å². The monoisotopic (exact) mass is 249 g/mol. The lowest BCUT2D eigenvalue weighted by atomic mass is 10.0. The van der Waals surface area contributed by atoms with Crippen LogP contribution in [0, 0.1) is 0 Å². The fourth-order valence-corrected chi connectivity index (χ4v) is 2.73. The van der Waals surface area contributed by atoms with E-state index in [1.807, 2.05) is 12.1 Å². The summed E-state index contributed by atoms with van der Waals surface area (Å²) in [5.41, 5.74) is 1.12. The molecule has 2 atom stereocenters. The smallest absolute Gasteiger partial charge is 0.304 e. The number of benzene rings is 1. The molecule has 2 rings (SSSR count). The Hall–Kier alpha value is -1.55. The maximum absolute atomic E-state index is 10.8. The van der Waals surface area contributed by atoms with Crippen molar-refractivity contribution in [1.29, 1.82) is 0 Å². The topological polar surface area (TPSA) is 60.8 Å². The summed E-state index contributed by atoms with van der Waals surface area (Å²) in [5.74, 6) is -0.473. The van der Waals surface area contributed by atoms with Gasteiger partial charge in [0.25, 0.3) is 0 Å². The van der Waals surface area contributed by atoms with E-state index in [1.165, 1.54) is 0 Å². The Morgan fingerprint density at radius 2 is 2.11 bits per heavy atom. The second kappa shape index (κ2) is 5.40. The predicted molar refractivity (Wildman–Crippen MR) is 68.5 cm³/mol. The molecule has 0 saturated carbocycles. The quantitative estimate of drug-likeness (QED) is 0.860. The molecule has 1 fully saturated rings. The van der Waals surface area contributed by atoms with Gasteiger partial charge in [0.15, 0.2) is 0 Å². The van der Waals surface area contributed by atoms with Crippen LogP contribution in [0.25, 0.3) is 0 Å². The molecule has 1 saturated heterocycles. The molecule has 0 amide bonds. The van der Waals surface area contributed by atoms with Crippen LogP contribution in [0.3, 0.4) is 0 Å². The first kappa shape index (κ1) is 12.9. The Morgan fingerprint density at radius 3 is 2.72 bits per heavy atom. The van der Waals surface area contributed by atoms with Gasteiger partial charge in [-0.3, -0.25) is 9.69 Å². The number of hydrogen-bond donors (Lipinski definition) is 2. The predicted octanol–water partition coefficient (Wildman–Crippen LogP) is 2.39. The summed E-state index contributed by atoms with van der Waals surface area (Å²) < 4.78 is 0. The molecule has 1 heterocycles. The molecule has 1 aliphatic rings. The first-order chi connectivity index (χ1) is 8.58. The molecule has 4 nitrogen and oxygen atoms in total.